The van der Waals surface area contributed by atoms with Crippen molar-refractivity contribution in [3.8, 4) is 11.1 Å². The second-order valence-corrected chi connectivity index (χ2v) is 6.08. The van der Waals surface area contributed by atoms with Gasteiger partial charge in [-0.25, -0.2) is 0 Å². The van der Waals surface area contributed by atoms with Gasteiger partial charge in [-0.05, 0) is 41.1 Å². The monoisotopic (exact) mass is 333 g/mol. The predicted octanol–water partition coefficient (Wildman–Crippen LogP) is 3.03. The van der Waals surface area contributed by atoms with E-state index in [9.17, 15) is 0 Å². The molecule has 0 unspecified atom stereocenters. The van der Waals surface area contributed by atoms with E-state index >= 15 is 0 Å². The van der Waals surface area contributed by atoms with E-state index in [-0.39, 0.29) is 0 Å². The summed E-state index contributed by atoms with van der Waals surface area (Å²) in [4.78, 5) is 0. The number of tetrazole rings is 1. The van der Waals surface area contributed by atoms with E-state index in [0.717, 1.165) is 41.1 Å². The zero-order valence-electron chi connectivity index (χ0n) is 14.0. The standard InChI is InChI=1S/C19H19N5O/c1-14-4-2-5-15(10-14)17-11-16(19-21-22-23-24(19)13-17)12-20-8-7-18-6-3-9-25-18/h2-6,9-11,13,20H,7-8,12H2,1H3. The number of aromatic nitrogens is 4. The fourth-order valence-corrected chi connectivity index (χ4v) is 2.92. The molecule has 1 N–H and O–H groups in total. The highest BCUT2D eigenvalue weighted by atomic mass is 16.3. The van der Waals surface area contributed by atoms with Gasteiger partial charge in [-0.15, -0.1) is 5.10 Å². The highest BCUT2D eigenvalue weighted by Gasteiger charge is 2.09. The van der Waals surface area contributed by atoms with Crippen molar-refractivity contribution in [3.63, 3.8) is 0 Å². The topological polar surface area (TPSA) is 68.2 Å². The molecule has 4 rings (SSSR count). The van der Waals surface area contributed by atoms with Gasteiger partial charge in [0.05, 0.1) is 6.26 Å². The molecule has 0 amide bonds. The van der Waals surface area contributed by atoms with Crippen LogP contribution in [0.5, 0.6) is 0 Å². The van der Waals surface area contributed by atoms with Crippen LogP contribution in [-0.2, 0) is 13.0 Å². The maximum absolute atomic E-state index is 5.36. The molecule has 0 aliphatic carbocycles. The zero-order valence-corrected chi connectivity index (χ0v) is 14.0. The lowest BCUT2D eigenvalue weighted by Gasteiger charge is -2.09. The Hall–Kier alpha value is -2.99. The fourth-order valence-electron chi connectivity index (χ4n) is 2.92. The van der Waals surface area contributed by atoms with Crippen molar-refractivity contribution in [2.45, 2.75) is 19.9 Å². The summed E-state index contributed by atoms with van der Waals surface area (Å²) in [6.07, 6.45) is 4.52. The Labute approximate surface area is 145 Å². The summed E-state index contributed by atoms with van der Waals surface area (Å²) in [5, 5.41) is 15.5. The van der Waals surface area contributed by atoms with Crippen molar-refractivity contribution in [2.24, 2.45) is 0 Å². The number of aryl methyl sites for hydroxylation is 1. The van der Waals surface area contributed by atoms with Gasteiger partial charge in [-0.2, -0.15) is 4.52 Å². The summed E-state index contributed by atoms with van der Waals surface area (Å²) in [5.74, 6) is 0.982. The number of hydrogen-bond donors (Lipinski definition) is 1. The number of nitrogens with zero attached hydrogens (tertiary/aromatic N) is 4. The smallest absolute Gasteiger partial charge is 0.183 e. The second-order valence-electron chi connectivity index (χ2n) is 6.08. The third kappa shape index (κ3) is 3.44. The van der Waals surface area contributed by atoms with Crippen LogP contribution in [0.25, 0.3) is 16.8 Å². The fraction of sp³-hybridized carbons (Fsp3) is 0.211. The molecule has 6 nitrogen and oxygen atoms in total. The average molecular weight is 333 g/mol. The quantitative estimate of drug-likeness (QED) is 0.549. The van der Waals surface area contributed by atoms with Crippen molar-refractivity contribution in [1.29, 1.82) is 0 Å². The van der Waals surface area contributed by atoms with Gasteiger partial charge in [0.2, 0.25) is 0 Å². The van der Waals surface area contributed by atoms with Gasteiger partial charge >= 0.3 is 0 Å². The molecule has 25 heavy (non-hydrogen) atoms. The zero-order chi connectivity index (χ0) is 17.1. The maximum Gasteiger partial charge on any atom is 0.183 e. The molecule has 126 valence electrons. The van der Waals surface area contributed by atoms with Gasteiger partial charge in [0, 0.05) is 36.8 Å². The van der Waals surface area contributed by atoms with E-state index in [1.807, 2.05) is 18.3 Å². The molecule has 0 saturated carbocycles. The van der Waals surface area contributed by atoms with Crippen molar-refractivity contribution in [2.75, 3.05) is 6.54 Å². The Bertz CT molecular complexity index is 975. The van der Waals surface area contributed by atoms with Gasteiger partial charge in [-0.1, -0.05) is 29.8 Å². The van der Waals surface area contributed by atoms with Crippen molar-refractivity contribution >= 4 is 5.65 Å². The van der Waals surface area contributed by atoms with Gasteiger partial charge in [-0.3, -0.25) is 0 Å². The molecule has 0 fully saturated rings. The van der Waals surface area contributed by atoms with Crippen molar-refractivity contribution < 1.29 is 4.42 Å². The van der Waals surface area contributed by atoms with Crippen LogP contribution in [-0.4, -0.2) is 26.6 Å². The van der Waals surface area contributed by atoms with Crippen LogP contribution in [0.1, 0.15) is 16.9 Å². The minimum absolute atomic E-state index is 0.699. The Kier molecular flexibility index (Phi) is 4.26. The summed E-state index contributed by atoms with van der Waals surface area (Å²) in [5.41, 5.74) is 5.35. The molecule has 0 saturated heterocycles. The first kappa shape index (κ1) is 15.5. The van der Waals surface area contributed by atoms with E-state index in [4.69, 9.17) is 4.42 Å². The average Bonchev–Trinajstić information content (AvgIpc) is 3.30. The number of benzene rings is 1. The molecule has 0 bridgehead atoms. The van der Waals surface area contributed by atoms with Gasteiger partial charge in [0.25, 0.3) is 0 Å². The summed E-state index contributed by atoms with van der Waals surface area (Å²) in [6.45, 7) is 3.62. The number of pyridine rings is 1. The number of rotatable bonds is 6. The maximum atomic E-state index is 5.36. The molecule has 0 radical (unpaired) electrons. The normalized spacial score (nSPS) is 11.2. The van der Waals surface area contributed by atoms with Crippen LogP contribution in [0.2, 0.25) is 0 Å². The molecular weight excluding hydrogens is 314 g/mol. The minimum atomic E-state index is 0.699. The Morgan fingerprint density at radius 3 is 2.92 bits per heavy atom. The Morgan fingerprint density at radius 1 is 1.12 bits per heavy atom. The third-order valence-electron chi connectivity index (χ3n) is 4.17. The highest BCUT2D eigenvalue weighted by Crippen LogP contribution is 2.23. The van der Waals surface area contributed by atoms with Crippen LogP contribution in [0.15, 0.2) is 59.3 Å². The number of hydrogen-bond acceptors (Lipinski definition) is 5. The summed E-state index contributed by atoms with van der Waals surface area (Å²) >= 11 is 0. The third-order valence-corrected chi connectivity index (χ3v) is 4.17. The molecule has 6 heteroatoms. The highest BCUT2D eigenvalue weighted by molar-refractivity contribution is 5.67. The van der Waals surface area contributed by atoms with E-state index in [0.29, 0.717) is 6.54 Å². The lowest BCUT2D eigenvalue weighted by Crippen LogP contribution is -2.17. The van der Waals surface area contributed by atoms with E-state index in [1.54, 1.807) is 10.8 Å². The molecule has 0 aliphatic heterocycles. The molecule has 3 aromatic heterocycles. The Morgan fingerprint density at radius 2 is 2.08 bits per heavy atom. The molecule has 3 heterocycles. The molecular formula is C19H19N5O. The largest absolute Gasteiger partial charge is 0.469 e. The first-order chi connectivity index (χ1) is 12.3. The van der Waals surface area contributed by atoms with Crippen LogP contribution >= 0.6 is 0 Å². The molecule has 0 atom stereocenters. The van der Waals surface area contributed by atoms with Gasteiger partial charge < -0.3 is 9.73 Å². The number of furan rings is 1. The predicted molar refractivity (Wildman–Crippen MR) is 95.1 cm³/mol. The molecule has 4 aromatic rings. The van der Waals surface area contributed by atoms with Crippen LogP contribution in [0.3, 0.4) is 0 Å². The molecule has 1 aromatic carbocycles. The van der Waals surface area contributed by atoms with E-state index in [1.165, 1.54) is 5.56 Å². The van der Waals surface area contributed by atoms with Gasteiger partial charge in [0.1, 0.15) is 5.76 Å². The van der Waals surface area contributed by atoms with Crippen LogP contribution in [0, 0.1) is 6.92 Å². The lowest BCUT2D eigenvalue weighted by atomic mass is 10.0. The van der Waals surface area contributed by atoms with E-state index < -0.39 is 0 Å². The summed E-state index contributed by atoms with van der Waals surface area (Å²) in [6, 6.07) is 14.5. The minimum Gasteiger partial charge on any atom is -0.469 e. The summed E-state index contributed by atoms with van der Waals surface area (Å²) < 4.78 is 7.09. The first-order valence-electron chi connectivity index (χ1n) is 8.30. The molecule has 0 spiro atoms. The van der Waals surface area contributed by atoms with Gasteiger partial charge in [0.15, 0.2) is 5.65 Å². The van der Waals surface area contributed by atoms with Crippen molar-refractivity contribution in [3.05, 3.63) is 71.8 Å². The Balaban J connectivity index is 1.56. The lowest BCUT2D eigenvalue weighted by molar-refractivity contribution is 0.499. The first-order valence-corrected chi connectivity index (χ1v) is 8.30. The van der Waals surface area contributed by atoms with E-state index in [2.05, 4.69) is 58.1 Å². The summed E-state index contributed by atoms with van der Waals surface area (Å²) in [7, 11) is 0. The number of nitrogens with one attached hydrogen (secondary N) is 1. The SMILES string of the molecule is Cc1cccc(-c2cc(CNCCc3ccco3)c3nnnn3c2)c1. The second kappa shape index (κ2) is 6.86. The van der Waals surface area contributed by atoms with Crippen LogP contribution < -0.4 is 5.32 Å². The van der Waals surface area contributed by atoms with Crippen molar-refractivity contribution in [1.82, 2.24) is 25.4 Å². The number of fused-ring (bicyclic) bond motifs is 1. The molecule has 0 aliphatic rings. The van der Waals surface area contributed by atoms with Crippen LogP contribution in [0.4, 0.5) is 0 Å².